The van der Waals surface area contributed by atoms with Gasteiger partial charge < -0.3 is 20.1 Å². The summed E-state index contributed by atoms with van der Waals surface area (Å²) < 4.78 is 11.5. The van der Waals surface area contributed by atoms with Gasteiger partial charge in [-0.2, -0.15) is 0 Å². The summed E-state index contributed by atoms with van der Waals surface area (Å²) >= 11 is 0. The highest BCUT2D eigenvalue weighted by Crippen LogP contribution is 2.64. The number of carbonyl (C=O) groups excluding carboxylic acids is 2. The first-order valence-electron chi connectivity index (χ1n) is 13.2. The molecular formula is C29H40N2O4. The quantitative estimate of drug-likeness (QED) is 0.582. The molecule has 4 aliphatic rings. The molecule has 6 nitrogen and oxygen atoms in total. The summed E-state index contributed by atoms with van der Waals surface area (Å²) in [6.45, 7) is 8.68. The Morgan fingerprint density at radius 2 is 1.94 bits per heavy atom. The molecule has 0 radical (unpaired) electrons. The van der Waals surface area contributed by atoms with Crippen LogP contribution >= 0.6 is 0 Å². The number of piperidine rings is 1. The molecule has 2 amide bonds. The van der Waals surface area contributed by atoms with E-state index in [0.29, 0.717) is 24.2 Å². The van der Waals surface area contributed by atoms with Crippen molar-refractivity contribution in [3.8, 4) is 5.75 Å². The molecule has 1 saturated heterocycles. The summed E-state index contributed by atoms with van der Waals surface area (Å²) in [4.78, 5) is 25.1. The molecule has 3 aliphatic carbocycles. The summed E-state index contributed by atoms with van der Waals surface area (Å²) in [6, 6.07) is 7.79. The first kappa shape index (κ1) is 24.2. The van der Waals surface area contributed by atoms with E-state index in [-0.39, 0.29) is 28.9 Å². The molecule has 1 aromatic carbocycles. The van der Waals surface area contributed by atoms with Crippen LogP contribution in [0.2, 0.25) is 0 Å². The Bertz CT molecular complexity index is 1050. The normalized spacial score (nSPS) is 36.1. The first-order chi connectivity index (χ1) is 16.6. The van der Waals surface area contributed by atoms with E-state index < -0.39 is 5.54 Å². The largest absolute Gasteiger partial charge is 0.497 e. The number of hydrogen-bond donors (Lipinski definition) is 2. The zero-order chi connectivity index (χ0) is 25.0. The lowest BCUT2D eigenvalue weighted by Gasteiger charge is -2.56. The molecule has 3 fully saturated rings. The maximum Gasteiger partial charge on any atom is 0.408 e. The number of alkyl carbamates (subject to hydrolysis) is 1. The summed E-state index contributed by atoms with van der Waals surface area (Å²) in [5.41, 5.74) is 1.62. The second kappa shape index (κ2) is 8.56. The summed E-state index contributed by atoms with van der Waals surface area (Å²) in [7, 11) is 1.65. The van der Waals surface area contributed by atoms with Gasteiger partial charge in [0.1, 0.15) is 11.9 Å². The Balaban J connectivity index is 1.28. The SMILES string of the molecule is COc1cccc(C(C)(C)NC(=O)O[C@H]2CC[C@H]3[C@@H]4CC=C5NC(=O)CC[C@]5(C)[C@H]4CC[C@]23C)c1. The molecule has 190 valence electrons. The monoisotopic (exact) mass is 480 g/mol. The second-order valence-electron chi connectivity index (χ2n) is 12.2. The van der Waals surface area contributed by atoms with Crippen molar-refractivity contribution in [2.45, 2.75) is 84.3 Å². The molecular weight excluding hydrogens is 440 g/mol. The number of ether oxygens (including phenoxy) is 2. The molecule has 0 aromatic heterocycles. The highest BCUT2D eigenvalue weighted by atomic mass is 16.6. The number of hydrogen-bond acceptors (Lipinski definition) is 4. The fourth-order valence-electron chi connectivity index (χ4n) is 7.84. The summed E-state index contributed by atoms with van der Waals surface area (Å²) in [5, 5.41) is 6.28. The maximum atomic E-state index is 13.1. The maximum absolute atomic E-state index is 13.1. The van der Waals surface area contributed by atoms with Gasteiger partial charge in [0.15, 0.2) is 0 Å². The van der Waals surface area contributed by atoms with E-state index in [1.54, 1.807) is 7.11 Å². The van der Waals surface area contributed by atoms with Crippen LogP contribution in [0.25, 0.3) is 0 Å². The molecule has 35 heavy (non-hydrogen) atoms. The molecule has 0 unspecified atom stereocenters. The Morgan fingerprint density at radius 3 is 2.71 bits per heavy atom. The Hall–Kier alpha value is -2.50. The molecule has 0 bridgehead atoms. The van der Waals surface area contributed by atoms with E-state index in [1.165, 1.54) is 0 Å². The minimum atomic E-state index is -0.577. The first-order valence-corrected chi connectivity index (χ1v) is 13.2. The predicted molar refractivity (Wildman–Crippen MR) is 135 cm³/mol. The van der Waals surface area contributed by atoms with E-state index in [2.05, 4.69) is 30.6 Å². The van der Waals surface area contributed by atoms with Crippen LogP contribution in [-0.2, 0) is 15.1 Å². The van der Waals surface area contributed by atoms with Gasteiger partial charge in [-0.1, -0.05) is 32.1 Å². The van der Waals surface area contributed by atoms with Gasteiger partial charge in [0, 0.05) is 22.9 Å². The zero-order valence-electron chi connectivity index (χ0n) is 21.8. The third-order valence-electron chi connectivity index (χ3n) is 9.98. The third-order valence-corrected chi connectivity index (χ3v) is 9.98. The van der Waals surface area contributed by atoms with Gasteiger partial charge in [0.2, 0.25) is 5.91 Å². The number of fused-ring (bicyclic) bond motifs is 5. The van der Waals surface area contributed by atoms with Crippen LogP contribution < -0.4 is 15.4 Å². The van der Waals surface area contributed by atoms with Crippen molar-refractivity contribution in [3.05, 3.63) is 41.6 Å². The lowest BCUT2D eigenvalue weighted by Crippen LogP contribution is -2.54. The van der Waals surface area contributed by atoms with Crippen LogP contribution in [0.5, 0.6) is 5.75 Å². The van der Waals surface area contributed by atoms with Crippen molar-refractivity contribution in [2.24, 2.45) is 28.6 Å². The molecule has 2 N–H and O–H groups in total. The molecule has 5 rings (SSSR count). The Labute approximate surface area is 209 Å². The van der Waals surface area contributed by atoms with Gasteiger partial charge in [-0.05, 0) is 87.8 Å². The van der Waals surface area contributed by atoms with Crippen LogP contribution in [0.15, 0.2) is 36.0 Å². The topological polar surface area (TPSA) is 76.7 Å². The third kappa shape index (κ3) is 4.03. The minimum Gasteiger partial charge on any atom is -0.497 e. The van der Waals surface area contributed by atoms with Gasteiger partial charge in [0.25, 0.3) is 0 Å². The van der Waals surface area contributed by atoms with Crippen LogP contribution in [-0.4, -0.2) is 25.2 Å². The lowest BCUT2D eigenvalue weighted by atomic mass is 9.50. The fourth-order valence-corrected chi connectivity index (χ4v) is 7.84. The average Bonchev–Trinajstić information content (AvgIpc) is 3.15. The Kier molecular flexibility index (Phi) is 5.92. The van der Waals surface area contributed by atoms with Crippen molar-refractivity contribution in [1.29, 1.82) is 0 Å². The van der Waals surface area contributed by atoms with Crippen molar-refractivity contribution < 1.29 is 19.1 Å². The van der Waals surface area contributed by atoms with E-state index in [9.17, 15) is 9.59 Å². The van der Waals surface area contributed by atoms with Gasteiger partial charge >= 0.3 is 6.09 Å². The van der Waals surface area contributed by atoms with E-state index in [1.807, 2.05) is 38.1 Å². The number of methoxy groups -OCH3 is 1. The summed E-state index contributed by atoms with van der Waals surface area (Å²) in [6.07, 6.45) is 8.65. The number of allylic oxidation sites excluding steroid dienone is 2. The molecule has 2 saturated carbocycles. The number of rotatable bonds is 4. The Morgan fingerprint density at radius 1 is 1.14 bits per heavy atom. The van der Waals surface area contributed by atoms with Crippen molar-refractivity contribution in [1.82, 2.24) is 10.6 Å². The lowest BCUT2D eigenvalue weighted by molar-refractivity contribution is -0.125. The molecule has 6 heteroatoms. The molecule has 1 aliphatic heterocycles. The molecule has 6 atom stereocenters. The van der Waals surface area contributed by atoms with Crippen LogP contribution in [0.3, 0.4) is 0 Å². The summed E-state index contributed by atoms with van der Waals surface area (Å²) in [5.74, 6) is 2.63. The number of nitrogens with one attached hydrogen (secondary N) is 2. The number of benzene rings is 1. The highest BCUT2D eigenvalue weighted by molar-refractivity contribution is 5.79. The van der Waals surface area contributed by atoms with Crippen molar-refractivity contribution in [2.75, 3.05) is 7.11 Å². The van der Waals surface area contributed by atoms with Crippen LogP contribution in [0, 0.1) is 28.6 Å². The van der Waals surface area contributed by atoms with Crippen LogP contribution in [0.1, 0.15) is 78.2 Å². The van der Waals surface area contributed by atoms with E-state index in [0.717, 1.165) is 55.5 Å². The second-order valence-corrected chi connectivity index (χ2v) is 12.2. The van der Waals surface area contributed by atoms with Gasteiger partial charge in [-0.15, -0.1) is 0 Å². The average molecular weight is 481 g/mol. The van der Waals surface area contributed by atoms with Crippen LogP contribution in [0.4, 0.5) is 4.79 Å². The van der Waals surface area contributed by atoms with E-state index in [4.69, 9.17) is 9.47 Å². The molecule has 1 heterocycles. The van der Waals surface area contributed by atoms with Gasteiger partial charge in [-0.25, -0.2) is 4.79 Å². The smallest absolute Gasteiger partial charge is 0.408 e. The number of carbonyl (C=O) groups is 2. The van der Waals surface area contributed by atoms with Gasteiger partial charge in [0.05, 0.1) is 12.6 Å². The van der Waals surface area contributed by atoms with Crippen molar-refractivity contribution in [3.63, 3.8) is 0 Å². The molecule has 1 aromatic rings. The van der Waals surface area contributed by atoms with Crippen molar-refractivity contribution >= 4 is 12.0 Å². The molecule has 0 spiro atoms. The standard InChI is InChI=1S/C29H40N2O4/c1-27(2,18-7-6-8-19(17-18)34-5)31-26(33)35-24-12-10-21-20-9-11-23-28(3,16-14-25(32)30-23)22(20)13-15-29(21,24)4/h6-8,11,17,20-22,24H,9-10,12-16H2,1-5H3,(H,30,32)(H,31,33)/t20-,21-,22-,24-,28+,29-/m0/s1. The number of amides is 2. The fraction of sp³-hybridized carbons (Fsp3) is 0.655. The van der Waals surface area contributed by atoms with Gasteiger partial charge in [-0.3, -0.25) is 4.79 Å². The predicted octanol–water partition coefficient (Wildman–Crippen LogP) is 5.67. The zero-order valence-corrected chi connectivity index (χ0v) is 21.8. The highest BCUT2D eigenvalue weighted by Gasteiger charge is 2.60. The minimum absolute atomic E-state index is 0.00175. The van der Waals surface area contributed by atoms with E-state index >= 15 is 0 Å².